The summed E-state index contributed by atoms with van der Waals surface area (Å²) in [5.74, 6) is -4.86. The smallest absolute Gasteiger partial charge is 0.344 e. The van der Waals surface area contributed by atoms with Gasteiger partial charge in [-0.25, -0.2) is 13.6 Å². The zero-order chi connectivity index (χ0) is 23.3. The van der Waals surface area contributed by atoms with Crippen molar-refractivity contribution in [2.75, 3.05) is 0 Å². The summed E-state index contributed by atoms with van der Waals surface area (Å²) in [6.45, 7) is 1.87. The highest BCUT2D eigenvalue weighted by molar-refractivity contribution is 5.72. The first-order chi connectivity index (χ1) is 15.3. The number of hydrogen-bond donors (Lipinski definition) is 2. The molecule has 3 N–H and O–H groups in total. The molecule has 0 fully saturated rings. The first-order valence-electron chi connectivity index (χ1n) is 9.62. The Labute approximate surface area is 182 Å². The second-order valence-electron chi connectivity index (χ2n) is 6.78. The van der Waals surface area contributed by atoms with Crippen LogP contribution in [-0.2, 0) is 11.3 Å². The molecule has 0 radical (unpaired) electrons. The zero-order valence-electron chi connectivity index (χ0n) is 17.0. The molecule has 7 nitrogen and oxygen atoms in total. The van der Waals surface area contributed by atoms with Crippen molar-refractivity contribution in [2.24, 2.45) is 5.73 Å². The maximum absolute atomic E-state index is 14.3. The van der Waals surface area contributed by atoms with E-state index in [-0.39, 0.29) is 17.7 Å². The van der Waals surface area contributed by atoms with Crippen molar-refractivity contribution < 1.29 is 28.2 Å². The fraction of sp³-hybridized carbons (Fsp3) is 0.174. The molecule has 0 aliphatic carbocycles. The molecule has 1 atom stereocenters. The molecule has 0 aliphatic rings. The number of aromatic nitrogens is 1. The van der Waals surface area contributed by atoms with Crippen LogP contribution in [0.5, 0.6) is 17.5 Å². The van der Waals surface area contributed by atoms with Crippen molar-refractivity contribution in [3.05, 3.63) is 71.3 Å². The predicted molar refractivity (Wildman–Crippen MR) is 111 cm³/mol. The van der Waals surface area contributed by atoms with Gasteiger partial charge in [-0.2, -0.15) is 10.2 Å². The third-order valence-electron chi connectivity index (χ3n) is 4.51. The number of rotatable bonds is 8. The summed E-state index contributed by atoms with van der Waals surface area (Å²) in [6, 6.07) is 14.4. The van der Waals surface area contributed by atoms with Crippen molar-refractivity contribution in [3.63, 3.8) is 0 Å². The number of carboxylic acids is 1. The largest absolute Gasteiger partial charge is 0.479 e. The highest BCUT2D eigenvalue weighted by atomic mass is 19.1. The molecule has 164 valence electrons. The van der Waals surface area contributed by atoms with Crippen LogP contribution in [0.2, 0.25) is 0 Å². The van der Waals surface area contributed by atoms with Gasteiger partial charge < -0.3 is 20.3 Å². The second-order valence-corrected chi connectivity index (χ2v) is 6.78. The highest BCUT2D eigenvalue weighted by Crippen LogP contribution is 2.32. The van der Waals surface area contributed by atoms with E-state index in [1.54, 1.807) is 12.1 Å². The third kappa shape index (κ3) is 5.17. The summed E-state index contributed by atoms with van der Waals surface area (Å²) < 4.78 is 38.9. The van der Waals surface area contributed by atoms with Gasteiger partial charge >= 0.3 is 5.97 Å². The normalized spacial score (nSPS) is 11.5. The van der Waals surface area contributed by atoms with E-state index in [1.807, 2.05) is 30.3 Å². The van der Waals surface area contributed by atoms with Crippen molar-refractivity contribution in [1.29, 1.82) is 5.26 Å². The number of carbonyl (C=O) groups is 1. The van der Waals surface area contributed by atoms with E-state index in [2.05, 4.69) is 4.98 Å². The number of aliphatic carboxylic acids is 1. The summed E-state index contributed by atoms with van der Waals surface area (Å²) in [6.07, 6.45) is -1.32. The summed E-state index contributed by atoms with van der Waals surface area (Å²) in [4.78, 5) is 14.8. The molecule has 32 heavy (non-hydrogen) atoms. The predicted octanol–water partition coefficient (Wildman–Crippen LogP) is 4.39. The lowest BCUT2D eigenvalue weighted by molar-refractivity contribution is -0.145. The molecule has 0 spiro atoms. The zero-order valence-corrected chi connectivity index (χ0v) is 17.0. The number of nitriles is 1. The number of nitrogens with two attached hydrogens (primary N) is 1. The van der Waals surface area contributed by atoms with Gasteiger partial charge in [0.05, 0.1) is 11.6 Å². The van der Waals surface area contributed by atoms with Gasteiger partial charge in [-0.05, 0) is 47.4 Å². The van der Waals surface area contributed by atoms with Gasteiger partial charge in [0, 0.05) is 12.6 Å². The number of halogens is 2. The first-order valence-corrected chi connectivity index (χ1v) is 9.62. The van der Waals surface area contributed by atoms with Crippen molar-refractivity contribution >= 4 is 5.97 Å². The molecular formula is C23H19F2N3O4. The van der Waals surface area contributed by atoms with Gasteiger partial charge in [0.15, 0.2) is 17.7 Å². The van der Waals surface area contributed by atoms with Crippen LogP contribution < -0.4 is 15.2 Å². The molecule has 9 heteroatoms. The molecule has 3 rings (SSSR count). The van der Waals surface area contributed by atoms with E-state index in [1.165, 1.54) is 13.0 Å². The Balaban J connectivity index is 1.98. The molecule has 2 aromatic carbocycles. The second kappa shape index (κ2) is 9.85. The lowest BCUT2D eigenvalue weighted by Gasteiger charge is -2.14. The minimum atomic E-state index is -1.36. The number of carboxylic acid groups (broad SMARTS) is 1. The Morgan fingerprint density at radius 1 is 1.16 bits per heavy atom. The number of hydrogen-bond acceptors (Lipinski definition) is 6. The lowest BCUT2D eigenvalue weighted by atomic mass is 10.0. The van der Waals surface area contributed by atoms with Crippen LogP contribution in [0.3, 0.4) is 0 Å². The van der Waals surface area contributed by atoms with Gasteiger partial charge in [-0.1, -0.05) is 25.1 Å². The number of benzene rings is 2. The Morgan fingerprint density at radius 2 is 1.91 bits per heavy atom. The minimum absolute atomic E-state index is 0.0411. The molecule has 0 amide bonds. The standard InChI is InChI=1S/C23H19F2N3O4/c1-2-20(23(29)30)32-22-19(25)10-18(24)21(28-22)31-17-8-14(12-27)7-16(9-17)15-5-3-4-13(6-15)11-26/h3-10,20H,2,11,26H2,1H3,(H,29,30)/t20-/m1/s1. The van der Waals surface area contributed by atoms with E-state index < -0.39 is 35.5 Å². The van der Waals surface area contributed by atoms with E-state index in [4.69, 9.17) is 20.3 Å². The van der Waals surface area contributed by atoms with E-state index in [0.29, 0.717) is 18.2 Å². The van der Waals surface area contributed by atoms with Crippen molar-refractivity contribution in [3.8, 4) is 34.7 Å². The van der Waals surface area contributed by atoms with Gasteiger partial charge in [-0.15, -0.1) is 0 Å². The van der Waals surface area contributed by atoms with Crippen LogP contribution in [0.1, 0.15) is 24.5 Å². The third-order valence-corrected chi connectivity index (χ3v) is 4.51. The maximum Gasteiger partial charge on any atom is 0.344 e. The fourth-order valence-electron chi connectivity index (χ4n) is 2.91. The SMILES string of the molecule is CC[C@@H](Oc1nc(Oc2cc(C#N)cc(-c3cccc(CN)c3)c2)c(F)cc1F)C(=O)O. The molecule has 0 saturated carbocycles. The molecule has 1 aromatic heterocycles. The van der Waals surface area contributed by atoms with Gasteiger partial charge in [0.2, 0.25) is 0 Å². The maximum atomic E-state index is 14.3. The Morgan fingerprint density at radius 3 is 2.56 bits per heavy atom. The Bertz CT molecular complexity index is 1190. The van der Waals surface area contributed by atoms with Crippen LogP contribution >= 0.6 is 0 Å². The van der Waals surface area contributed by atoms with E-state index in [0.717, 1.165) is 11.1 Å². The molecular weight excluding hydrogens is 420 g/mol. The van der Waals surface area contributed by atoms with Gasteiger partial charge in [0.1, 0.15) is 5.75 Å². The average molecular weight is 439 g/mol. The number of pyridine rings is 1. The average Bonchev–Trinajstić information content (AvgIpc) is 2.79. The summed E-state index contributed by atoms with van der Waals surface area (Å²) in [5.41, 5.74) is 8.18. The quantitative estimate of drug-likeness (QED) is 0.534. The molecule has 0 aliphatic heterocycles. The van der Waals surface area contributed by atoms with Crippen molar-refractivity contribution in [2.45, 2.75) is 26.0 Å². The van der Waals surface area contributed by atoms with E-state index >= 15 is 0 Å². The molecule has 0 unspecified atom stereocenters. The first kappa shape index (κ1) is 22.7. The summed E-state index contributed by atoms with van der Waals surface area (Å²) in [7, 11) is 0. The number of nitrogens with zero attached hydrogens (tertiary/aromatic N) is 2. The lowest BCUT2D eigenvalue weighted by Crippen LogP contribution is -2.26. The highest BCUT2D eigenvalue weighted by Gasteiger charge is 2.22. The molecule has 1 heterocycles. The van der Waals surface area contributed by atoms with Crippen molar-refractivity contribution in [1.82, 2.24) is 4.98 Å². The van der Waals surface area contributed by atoms with Gasteiger partial charge in [-0.3, -0.25) is 0 Å². The Hall–Kier alpha value is -4.03. The van der Waals surface area contributed by atoms with Crippen LogP contribution in [0.15, 0.2) is 48.5 Å². The van der Waals surface area contributed by atoms with Crippen LogP contribution in [-0.4, -0.2) is 22.2 Å². The fourth-order valence-corrected chi connectivity index (χ4v) is 2.91. The van der Waals surface area contributed by atoms with E-state index in [9.17, 15) is 18.8 Å². The monoisotopic (exact) mass is 439 g/mol. The van der Waals surface area contributed by atoms with Crippen LogP contribution in [0.4, 0.5) is 8.78 Å². The molecule has 3 aromatic rings. The van der Waals surface area contributed by atoms with Gasteiger partial charge in [0.25, 0.3) is 11.8 Å². The molecule has 0 bridgehead atoms. The van der Waals surface area contributed by atoms with Crippen LogP contribution in [0, 0.1) is 23.0 Å². The minimum Gasteiger partial charge on any atom is -0.479 e. The number of ether oxygens (including phenoxy) is 2. The molecule has 0 saturated heterocycles. The summed E-state index contributed by atoms with van der Waals surface area (Å²) >= 11 is 0. The summed E-state index contributed by atoms with van der Waals surface area (Å²) in [5, 5.41) is 18.5. The Kier molecular flexibility index (Phi) is 6.97. The topological polar surface area (TPSA) is 118 Å². The van der Waals surface area contributed by atoms with Crippen LogP contribution in [0.25, 0.3) is 11.1 Å².